The molecule has 4 rings (SSSR count). The molecule has 1 aliphatic heterocycles. The molecule has 2 aromatic carbocycles. The summed E-state index contributed by atoms with van der Waals surface area (Å²) in [6.07, 6.45) is 3.78. The predicted molar refractivity (Wildman–Crippen MR) is 92.4 cm³/mol. The van der Waals surface area contributed by atoms with Gasteiger partial charge in [-0.25, -0.2) is 0 Å². The zero-order valence-corrected chi connectivity index (χ0v) is 13.8. The quantitative estimate of drug-likeness (QED) is 0.943. The Labute approximate surface area is 141 Å². The van der Waals surface area contributed by atoms with Gasteiger partial charge in [-0.05, 0) is 65.8 Å². The molecular weight excluding hydrogens is 302 g/mol. The summed E-state index contributed by atoms with van der Waals surface area (Å²) < 4.78 is 10.9. The van der Waals surface area contributed by atoms with E-state index in [0.717, 1.165) is 17.9 Å². The summed E-state index contributed by atoms with van der Waals surface area (Å²) in [4.78, 5) is 12.5. The van der Waals surface area contributed by atoms with Crippen molar-refractivity contribution < 1.29 is 14.3 Å². The fourth-order valence-electron chi connectivity index (χ4n) is 3.57. The van der Waals surface area contributed by atoms with E-state index >= 15 is 0 Å². The van der Waals surface area contributed by atoms with Crippen molar-refractivity contribution in [3.05, 3.63) is 58.7 Å². The largest absolute Gasteiger partial charge is 0.497 e. The Kier molecular flexibility index (Phi) is 3.98. The monoisotopic (exact) mass is 323 g/mol. The first-order chi connectivity index (χ1) is 11.7. The third-order valence-corrected chi connectivity index (χ3v) is 4.91. The molecule has 0 unspecified atom stereocenters. The summed E-state index contributed by atoms with van der Waals surface area (Å²) in [6, 6.07) is 11.9. The normalized spacial score (nSPS) is 18.6. The first-order valence-corrected chi connectivity index (χ1v) is 8.43. The van der Waals surface area contributed by atoms with Gasteiger partial charge in [-0.2, -0.15) is 0 Å². The number of nitrogens with one attached hydrogen (secondary N) is 1. The van der Waals surface area contributed by atoms with Crippen molar-refractivity contribution in [2.45, 2.75) is 38.4 Å². The van der Waals surface area contributed by atoms with E-state index < -0.39 is 6.10 Å². The maximum atomic E-state index is 12.5. The van der Waals surface area contributed by atoms with Crippen molar-refractivity contribution in [2.24, 2.45) is 0 Å². The average molecular weight is 323 g/mol. The summed E-state index contributed by atoms with van der Waals surface area (Å²) >= 11 is 0. The highest BCUT2D eigenvalue weighted by molar-refractivity contribution is 5.94. The maximum absolute atomic E-state index is 12.5. The molecule has 0 spiro atoms. The Bertz CT molecular complexity index is 767. The molecule has 1 N–H and O–H groups in total. The molecule has 0 saturated heterocycles. The summed E-state index contributed by atoms with van der Waals surface area (Å²) in [7, 11) is 1.62. The summed E-state index contributed by atoms with van der Waals surface area (Å²) in [6.45, 7) is 0.517. The first kappa shape index (κ1) is 15.2. The fourth-order valence-corrected chi connectivity index (χ4v) is 3.57. The minimum atomic E-state index is -0.431. The molecule has 1 heterocycles. The second-order valence-electron chi connectivity index (χ2n) is 6.46. The molecule has 0 radical (unpaired) electrons. The van der Waals surface area contributed by atoms with E-state index in [4.69, 9.17) is 9.47 Å². The van der Waals surface area contributed by atoms with Gasteiger partial charge in [0.05, 0.1) is 13.7 Å². The molecule has 124 valence electrons. The number of aryl methyl sites for hydroxylation is 2. The van der Waals surface area contributed by atoms with Gasteiger partial charge in [0.2, 0.25) is 0 Å². The summed E-state index contributed by atoms with van der Waals surface area (Å²) in [5.41, 5.74) is 6.16. The lowest BCUT2D eigenvalue weighted by Crippen LogP contribution is -2.35. The highest BCUT2D eigenvalue weighted by atomic mass is 16.5. The molecule has 4 heteroatoms. The van der Waals surface area contributed by atoms with Crippen LogP contribution in [0.15, 0.2) is 36.4 Å². The lowest BCUT2D eigenvalue weighted by Gasteiger charge is -2.25. The molecule has 2 aromatic rings. The van der Waals surface area contributed by atoms with Gasteiger partial charge in [0.25, 0.3) is 5.91 Å². The van der Waals surface area contributed by atoms with E-state index in [0.29, 0.717) is 13.0 Å². The van der Waals surface area contributed by atoms with Crippen LogP contribution in [0.2, 0.25) is 0 Å². The van der Waals surface area contributed by atoms with Crippen LogP contribution in [0.25, 0.3) is 0 Å². The van der Waals surface area contributed by atoms with Crippen LogP contribution < -0.4 is 10.1 Å². The van der Waals surface area contributed by atoms with Crippen LogP contribution in [0.3, 0.4) is 0 Å². The number of anilines is 1. The Hall–Kier alpha value is -2.33. The predicted octanol–water partition coefficient (Wildman–Crippen LogP) is 3.26. The van der Waals surface area contributed by atoms with Crippen LogP contribution in [0.1, 0.15) is 28.7 Å². The number of hydrogen-bond acceptors (Lipinski definition) is 3. The molecule has 4 nitrogen and oxygen atoms in total. The highest BCUT2D eigenvalue weighted by Gasteiger charge is 2.27. The summed E-state index contributed by atoms with van der Waals surface area (Å²) in [5, 5.41) is 2.93. The SMILES string of the molecule is COc1ccc(NC(=O)[C@H]2Cc3cc4c(cc3CO2)CCC4)cc1. The maximum Gasteiger partial charge on any atom is 0.253 e. The Morgan fingerprint density at radius 2 is 1.79 bits per heavy atom. The topological polar surface area (TPSA) is 47.6 Å². The molecule has 24 heavy (non-hydrogen) atoms. The standard InChI is InChI=1S/C20H21NO3/c1-23-18-7-5-17(6-8-18)21-20(22)19-11-15-9-13-3-2-4-14(13)10-16(15)12-24-19/h5-10,19H,2-4,11-12H2,1H3,(H,21,22)/t19-/m1/s1. The van der Waals surface area contributed by atoms with Crippen molar-refractivity contribution in [3.63, 3.8) is 0 Å². The molecule has 0 bridgehead atoms. The van der Waals surface area contributed by atoms with Gasteiger partial charge in [-0.3, -0.25) is 4.79 Å². The Morgan fingerprint density at radius 1 is 1.08 bits per heavy atom. The fraction of sp³-hybridized carbons (Fsp3) is 0.350. The van der Waals surface area contributed by atoms with Gasteiger partial charge in [-0.1, -0.05) is 12.1 Å². The smallest absolute Gasteiger partial charge is 0.253 e. The zero-order valence-electron chi connectivity index (χ0n) is 13.8. The highest BCUT2D eigenvalue weighted by Crippen LogP contribution is 2.30. The molecule has 0 aromatic heterocycles. The van der Waals surface area contributed by atoms with Crippen molar-refractivity contribution in [3.8, 4) is 5.75 Å². The van der Waals surface area contributed by atoms with E-state index in [9.17, 15) is 4.79 Å². The average Bonchev–Trinajstić information content (AvgIpc) is 3.07. The lowest BCUT2D eigenvalue weighted by molar-refractivity contribution is -0.129. The number of benzene rings is 2. The van der Waals surface area contributed by atoms with Crippen LogP contribution in [0.5, 0.6) is 5.75 Å². The Balaban J connectivity index is 1.46. The number of carbonyl (C=O) groups is 1. The third-order valence-electron chi connectivity index (χ3n) is 4.91. The molecule has 2 aliphatic rings. The number of fused-ring (bicyclic) bond motifs is 2. The zero-order chi connectivity index (χ0) is 16.5. The molecular formula is C20H21NO3. The van der Waals surface area contributed by atoms with Crippen molar-refractivity contribution in [2.75, 3.05) is 12.4 Å². The molecule has 0 fully saturated rings. The summed E-state index contributed by atoms with van der Waals surface area (Å²) in [5.74, 6) is 0.677. The lowest BCUT2D eigenvalue weighted by atomic mass is 9.94. The molecule has 1 aliphatic carbocycles. The van der Waals surface area contributed by atoms with Crippen molar-refractivity contribution in [1.29, 1.82) is 0 Å². The van der Waals surface area contributed by atoms with Crippen LogP contribution in [-0.4, -0.2) is 19.1 Å². The molecule has 1 amide bonds. The molecule has 0 saturated carbocycles. The van der Waals surface area contributed by atoms with Crippen LogP contribution in [0.4, 0.5) is 5.69 Å². The minimum absolute atomic E-state index is 0.0914. The van der Waals surface area contributed by atoms with Gasteiger partial charge < -0.3 is 14.8 Å². The van der Waals surface area contributed by atoms with Crippen molar-refractivity contribution >= 4 is 11.6 Å². The van der Waals surface area contributed by atoms with E-state index in [1.165, 1.54) is 35.1 Å². The van der Waals surface area contributed by atoms with Gasteiger partial charge >= 0.3 is 0 Å². The van der Waals surface area contributed by atoms with E-state index in [-0.39, 0.29) is 5.91 Å². The van der Waals surface area contributed by atoms with Crippen LogP contribution in [0, 0.1) is 0 Å². The second kappa shape index (κ2) is 6.29. The second-order valence-corrected chi connectivity index (χ2v) is 6.46. The number of amides is 1. The minimum Gasteiger partial charge on any atom is -0.497 e. The van der Waals surface area contributed by atoms with Gasteiger partial charge in [0.15, 0.2) is 0 Å². The number of methoxy groups -OCH3 is 1. The van der Waals surface area contributed by atoms with Crippen LogP contribution >= 0.6 is 0 Å². The number of rotatable bonds is 3. The number of ether oxygens (including phenoxy) is 2. The number of carbonyl (C=O) groups excluding carboxylic acids is 1. The third kappa shape index (κ3) is 2.89. The van der Waals surface area contributed by atoms with E-state index in [1.54, 1.807) is 7.11 Å². The van der Waals surface area contributed by atoms with Crippen LogP contribution in [-0.2, 0) is 35.4 Å². The number of hydrogen-bond donors (Lipinski definition) is 1. The van der Waals surface area contributed by atoms with Gasteiger partial charge in [-0.15, -0.1) is 0 Å². The van der Waals surface area contributed by atoms with Gasteiger partial charge in [0, 0.05) is 12.1 Å². The molecule has 1 atom stereocenters. The van der Waals surface area contributed by atoms with Crippen molar-refractivity contribution in [1.82, 2.24) is 0 Å². The van der Waals surface area contributed by atoms with E-state index in [2.05, 4.69) is 17.4 Å². The van der Waals surface area contributed by atoms with E-state index in [1.807, 2.05) is 24.3 Å². The first-order valence-electron chi connectivity index (χ1n) is 8.43. The Morgan fingerprint density at radius 3 is 2.50 bits per heavy atom. The van der Waals surface area contributed by atoms with Gasteiger partial charge in [0.1, 0.15) is 11.9 Å².